The molecule has 0 N–H and O–H groups in total. The van der Waals surface area contributed by atoms with E-state index < -0.39 is 15.8 Å². The van der Waals surface area contributed by atoms with Crippen LogP contribution in [0, 0.1) is 5.82 Å². The average Bonchev–Trinajstić information content (AvgIpc) is 3.17. The summed E-state index contributed by atoms with van der Waals surface area (Å²) < 4.78 is 51.9. The normalized spacial score (nSPS) is 13.9. The molecule has 0 fully saturated rings. The van der Waals surface area contributed by atoms with Gasteiger partial charge in [0.1, 0.15) is 18.1 Å². The third kappa shape index (κ3) is 2.97. The fraction of sp³-hybridized carbons (Fsp3) is 0.105. The third-order valence-electron chi connectivity index (χ3n) is 4.45. The molecule has 10 heteroatoms. The molecule has 8 nitrogen and oxygen atoms in total. The molecule has 3 aromatic heterocycles. The van der Waals surface area contributed by atoms with Gasteiger partial charge in [0.05, 0.1) is 17.0 Å². The number of oxazole rings is 1. The van der Waals surface area contributed by atoms with Crippen LogP contribution in [0.15, 0.2) is 64.2 Å². The Morgan fingerprint density at radius 1 is 1.10 bits per heavy atom. The van der Waals surface area contributed by atoms with E-state index in [0.29, 0.717) is 16.8 Å². The van der Waals surface area contributed by atoms with Gasteiger partial charge in [-0.25, -0.2) is 22.8 Å². The molecule has 4 heterocycles. The van der Waals surface area contributed by atoms with Crippen molar-refractivity contribution in [1.82, 2.24) is 15.0 Å². The molecular weight excluding hydrogens is 399 g/mol. The van der Waals surface area contributed by atoms with Crippen LogP contribution in [0.4, 0.5) is 10.1 Å². The lowest BCUT2D eigenvalue weighted by molar-refractivity contribution is 0.303. The minimum atomic E-state index is -3.93. The number of rotatable bonds is 3. The fourth-order valence-corrected chi connectivity index (χ4v) is 4.51. The van der Waals surface area contributed by atoms with Crippen LogP contribution in [0.5, 0.6) is 5.88 Å². The molecule has 5 rings (SSSR count). The van der Waals surface area contributed by atoms with Gasteiger partial charge in [0.25, 0.3) is 10.0 Å². The molecular formula is C19H13FN4O4S. The molecule has 1 aliphatic heterocycles. The number of hydrogen-bond acceptors (Lipinski definition) is 7. The van der Waals surface area contributed by atoms with Crippen molar-refractivity contribution in [1.29, 1.82) is 0 Å². The summed E-state index contributed by atoms with van der Waals surface area (Å²) in [6.45, 7) is 0.236. The lowest BCUT2D eigenvalue weighted by Crippen LogP contribution is -2.38. The van der Waals surface area contributed by atoms with Gasteiger partial charge in [-0.3, -0.25) is 4.31 Å². The highest BCUT2D eigenvalue weighted by Crippen LogP contribution is 2.37. The molecule has 0 amide bonds. The van der Waals surface area contributed by atoms with Crippen LogP contribution < -0.4 is 9.04 Å². The second-order valence-electron chi connectivity index (χ2n) is 6.27. The number of hydrogen-bond donors (Lipinski definition) is 0. The van der Waals surface area contributed by atoms with E-state index in [1.165, 1.54) is 22.6 Å². The molecule has 0 saturated heterocycles. The van der Waals surface area contributed by atoms with Crippen molar-refractivity contribution < 1.29 is 22.0 Å². The van der Waals surface area contributed by atoms with E-state index in [0.717, 1.165) is 12.1 Å². The minimum absolute atomic E-state index is 0.0248. The van der Waals surface area contributed by atoms with E-state index in [4.69, 9.17) is 9.15 Å². The molecule has 1 aliphatic rings. The van der Waals surface area contributed by atoms with Crippen molar-refractivity contribution in [2.45, 2.75) is 4.90 Å². The Bertz CT molecular complexity index is 1290. The number of pyridine rings is 2. The summed E-state index contributed by atoms with van der Waals surface area (Å²) in [7, 11) is -3.93. The van der Waals surface area contributed by atoms with Crippen LogP contribution in [-0.4, -0.2) is 36.5 Å². The van der Waals surface area contributed by atoms with Crippen molar-refractivity contribution in [3.05, 3.63) is 60.7 Å². The van der Waals surface area contributed by atoms with E-state index in [1.54, 1.807) is 24.4 Å². The molecule has 146 valence electrons. The summed E-state index contributed by atoms with van der Waals surface area (Å²) in [4.78, 5) is 12.7. The molecule has 0 bridgehead atoms. The number of halogens is 1. The molecule has 0 spiro atoms. The summed E-state index contributed by atoms with van der Waals surface area (Å²) in [6.07, 6.45) is 3.10. The van der Waals surface area contributed by atoms with Crippen LogP contribution in [-0.2, 0) is 10.0 Å². The summed E-state index contributed by atoms with van der Waals surface area (Å²) in [6, 6.07) is 9.72. The molecule has 29 heavy (non-hydrogen) atoms. The van der Waals surface area contributed by atoms with E-state index in [-0.39, 0.29) is 35.5 Å². The van der Waals surface area contributed by atoms with Gasteiger partial charge in [0.2, 0.25) is 11.8 Å². The predicted octanol–water partition coefficient (Wildman–Crippen LogP) is 3.01. The highest BCUT2D eigenvalue weighted by Gasteiger charge is 2.31. The van der Waals surface area contributed by atoms with Crippen molar-refractivity contribution in [2.24, 2.45) is 0 Å². The van der Waals surface area contributed by atoms with Gasteiger partial charge in [0, 0.05) is 12.4 Å². The number of aromatic nitrogens is 3. The van der Waals surface area contributed by atoms with Crippen LogP contribution in [0.3, 0.4) is 0 Å². The number of sulfonamides is 1. The molecule has 0 radical (unpaired) electrons. The Morgan fingerprint density at radius 3 is 2.72 bits per heavy atom. The van der Waals surface area contributed by atoms with Gasteiger partial charge in [-0.2, -0.15) is 4.98 Å². The quantitative estimate of drug-likeness (QED) is 0.510. The number of nitrogens with zero attached hydrogens (tertiary/aromatic N) is 4. The summed E-state index contributed by atoms with van der Waals surface area (Å²) in [5.74, 6) is -0.0709. The summed E-state index contributed by atoms with van der Waals surface area (Å²) in [5.41, 5.74) is 1.68. The van der Waals surface area contributed by atoms with Crippen LogP contribution in [0.2, 0.25) is 0 Å². The number of fused-ring (bicyclic) bond motifs is 2. The molecule has 0 saturated carbocycles. The van der Waals surface area contributed by atoms with Gasteiger partial charge in [-0.1, -0.05) is 0 Å². The maximum absolute atomic E-state index is 13.2. The highest BCUT2D eigenvalue weighted by atomic mass is 32.2. The first-order chi connectivity index (χ1) is 14.0. The van der Waals surface area contributed by atoms with Gasteiger partial charge in [0.15, 0.2) is 11.2 Å². The third-order valence-corrected chi connectivity index (χ3v) is 6.28. The van der Waals surface area contributed by atoms with Gasteiger partial charge >= 0.3 is 0 Å². The second-order valence-corrected chi connectivity index (χ2v) is 8.13. The van der Waals surface area contributed by atoms with Crippen LogP contribution >= 0.6 is 0 Å². The molecule has 4 aromatic rings. The van der Waals surface area contributed by atoms with E-state index in [2.05, 4.69) is 15.0 Å². The maximum Gasteiger partial charge on any atom is 0.264 e. The van der Waals surface area contributed by atoms with Gasteiger partial charge in [-0.05, 0) is 42.5 Å². The van der Waals surface area contributed by atoms with Crippen molar-refractivity contribution in [2.75, 3.05) is 17.5 Å². The molecule has 0 aliphatic carbocycles. The number of anilines is 1. The Hall–Kier alpha value is -3.53. The Morgan fingerprint density at radius 2 is 1.93 bits per heavy atom. The maximum atomic E-state index is 13.2. The summed E-state index contributed by atoms with van der Waals surface area (Å²) >= 11 is 0. The second kappa shape index (κ2) is 6.52. The lowest BCUT2D eigenvalue weighted by Gasteiger charge is -2.29. The zero-order chi connectivity index (χ0) is 20.0. The fourth-order valence-electron chi connectivity index (χ4n) is 3.07. The topological polar surface area (TPSA) is 98.4 Å². The minimum Gasteiger partial charge on any atom is -0.474 e. The zero-order valence-corrected chi connectivity index (χ0v) is 15.6. The largest absolute Gasteiger partial charge is 0.474 e. The van der Waals surface area contributed by atoms with Crippen LogP contribution in [0.25, 0.3) is 22.7 Å². The van der Waals surface area contributed by atoms with E-state index in [9.17, 15) is 12.8 Å². The molecule has 0 unspecified atom stereocenters. The van der Waals surface area contributed by atoms with E-state index in [1.807, 2.05) is 0 Å². The lowest BCUT2D eigenvalue weighted by atomic mass is 10.2. The molecule has 0 atom stereocenters. The predicted molar refractivity (Wildman–Crippen MR) is 101 cm³/mol. The molecule has 1 aromatic carbocycles. The Kier molecular flexibility index (Phi) is 3.95. The zero-order valence-electron chi connectivity index (χ0n) is 14.8. The monoisotopic (exact) mass is 412 g/mol. The van der Waals surface area contributed by atoms with Gasteiger partial charge in [-0.15, -0.1) is 0 Å². The van der Waals surface area contributed by atoms with Gasteiger partial charge < -0.3 is 9.15 Å². The number of ether oxygens (including phenoxy) is 1. The van der Waals surface area contributed by atoms with E-state index >= 15 is 0 Å². The van der Waals surface area contributed by atoms with Crippen molar-refractivity contribution in [3.8, 4) is 17.3 Å². The first kappa shape index (κ1) is 17.6. The van der Waals surface area contributed by atoms with Crippen molar-refractivity contribution >= 4 is 26.9 Å². The average molecular weight is 412 g/mol. The SMILES string of the molecule is O=S(=O)(c1ccc(F)cc1)N1CCOc2ncc(-c3nc4ncccc4o3)cc21. The number of benzene rings is 1. The first-order valence-electron chi connectivity index (χ1n) is 8.65. The highest BCUT2D eigenvalue weighted by molar-refractivity contribution is 7.92. The first-order valence-corrected chi connectivity index (χ1v) is 10.1. The summed E-state index contributed by atoms with van der Waals surface area (Å²) in [5, 5.41) is 0. The van der Waals surface area contributed by atoms with Crippen LogP contribution in [0.1, 0.15) is 0 Å². The Balaban J connectivity index is 1.60. The standard InChI is InChI=1S/C19H13FN4O4S/c20-13-3-5-14(6-4-13)29(25,26)24-8-9-27-19-15(24)10-12(11-22-19)18-23-17-16(28-18)2-1-7-21-17/h1-7,10-11H,8-9H2. The smallest absolute Gasteiger partial charge is 0.264 e. The van der Waals surface area contributed by atoms with Crippen molar-refractivity contribution in [3.63, 3.8) is 0 Å². The Labute approximate surface area is 164 Å².